The summed E-state index contributed by atoms with van der Waals surface area (Å²) in [6, 6.07) is -0.976. The number of hydrogen-bond acceptors (Lipinski definition) is 14. The first-order valence-electron chi connectivity index (χ1n) is 16.5. The molecule has 5 amide bonds. The third-order valence-electron chi connectivity index (χ3n) is 7.04. The van der Waals surface area contributed by atoms with Crippen LogP contribution in [0.5, 0.6) is 0 Å². The Morgan fingerprint density at radius 2 is 1.56 bits per heavy atom. The SMILES string of the molecule is CCC(CO)OC(COC(=O)NCCC(=O)NCCNC(=O)CCOCCOCCNC(=O)CCN1CC(SCC(N)C(=O)O)CC1=O)OC. The van der Waals surface area contributed by atoms with Crippen LogP contribution >= 0.6 is 11.8 Å². The number of carbonyl (C=O) groups excluding carboxylic acids is 5. The van der Waals surface area contributed by atoms with Crippen LogP contribution in [0.25, 0.3) is 0 Å². The standard InChI is InChI=1S/C30H54N6O13S/c1-3-21(18-37)49-28(45-2)19-48-30(44)35-7-4-24(38)32-8-9-33-26(40)6-12-46-14-15-47-13-10-34-25(39)5-11-36-17-22(16-27(36)41)50-20-23(31)29(42)43/h21-23,28,37H,3-20,31H2,1-2H3,(H,32,38)(H,33,40)(H,34,39)(H,35,44)(H,42,43). The smallest absolute Gasteiger partial charge is 0.407 e. The van der Waals surface area contributed by atoms with E-state index in [-0.39, 0.29) is 126 Å². The number of nitrogens with two attached hydrogens (primary N) is 1. The fourth-order valence-corrected chi connectivity index (χ4v) is 5.32. The van der Waals surface area contributed by atoms with Crippen molar-refractivity contribution in [3.05, 3.63) is 0 Å². The molecule has 8 N–H and O–H groups in total. The summed E-state index contributed by atoms with van der Waals surface area (Å²) in [5.74, 6) is -1.72. The van der Waals surface area contributed by atoms with Crippen LogP contribution in [0.1, 0.15) is 39.0 Å². The predicted octanol–water partition coefficient (Wildman–Crippen LogP) is -2.23. The Labute approximate surface area is 296 Å². The molecule has 288 valence electrons. The van der Waals surface area contributed by atoms with Gasteiger partial charge in [-0.3, -0.25) is 24.0 Å². The van der Waals surface area contributed by atoms with Crippen LogP contribution in [0, 0.1) is 0 Å². The molecule has 0 aromatic heterocycles. The first-order valence-corrected chi connectivity index (χ1v) is 17.6. The number of carbonyl (C=O) groups is 6. The molecule has 0 saturated carbocycles. The molecule has 0 aromatic rings. The first kappa shape index (κ1) is 44.8. The van der Waals surface area contributed by atoms with Gasteiger partial charge in [-0.1, -0.05) is 6.92 Å². The van der Waals surface area contributed by atoms with Crippen LogP contribution in [0.15, 0.2) is 0 Å². The lowest BCUT2D eigenvalue weighted by Crippen LogP contribution is -2.37. The number of likely N-dealkylation sites (tertiary alicyclic amines) is 1. The molecule has 0 bridgehead atoms. The zero-order valence-electron chi connectivity index (χ0n) is 28.9. The number of aliphatic hydroxyl groups excluding tert-OH is 1. The number of methoxy groups -OCH3 is 1. The van der Waals surface area contributed by atoms with Gasteiger partial charge in [0.15, 0.2) is 6.29 Å². The molecule has 0 aromatic carbocycles. The number of carboxylic acid groups (broad SMARTS) is 1. The van der Waals surface area contributed by atoms with E-state index < -0.39 is 30.5 Å². The Morgan fingerprint density at radius 3 is 2.20 bits per heavy atom. The van der Waals surface area contributed by atoms with Crippen LogP contribution < -0.4 is 27.0 Å². The van der Waals surface area contributed by atoms with Crippen LogP contribution in [0.4, 0.5) is 4.79 Å². The van der Waals surface area contributed by atoms with Crippen LogP contribution in [-0.4, -0.2) is 166 Å². The summed E-state index contributed by atoms with van der Waals surface area (Å²) in [6.07, 6.45) is -0.871. The maximum absolute atomic E-state index is 12.2. The average Bonchev–Trinajstić information content (AvgIpc) is 3.46. The number of rotatable bonds is 29. The second-order valence-corrected chi connectivity index (χ2v) is 12.3. The minimum absolute atomic E-state index is 0.00897. The van der Waals surface area contributed by atoms with Crippen LogP contribution in [0.2, 0.25) is 0 Å². The fraction of sp³-hybridized carbons (Fsp3) is 0.800. The van der Waals surface area contributed by atoms with Gasteiger partial charge in [0.05, 0.1) is 39.1 Å². The molecule has 4 atom stereocenters. The fourth-order valence-electron chi connectivity index (χ4n) is 4.15. The number of alkyl carbamates (subject to hydrolysis) is 1. The Balaban J connectivity index is 1.95. The largest absolute Gasteiger partial charge is 0.480 e. The molecular formula is C30H54N6O13S. The molecule has 20 heteroatoms. The van der Waals surface area contributed by atoms with Crippen molar-refractivity contribution >= 4 is 47.5 Å². The number of ether oxygens (including phenoxy) is 5. The second kappa shape index (κ2) is 27.5. The normalized spacial score (nSPS) is 16.0. The molecule has 1 heterocycles. The van der Waals surface area contributed by atoms with E-state index in [9.17, 15) is 33.9 Å². The van der Waals surface area contributed by atoms with Crippen molar-refractivity contribution in [2.24, 2.45) is 5.73 Å². The van der Waals surface area contributed by atoms with Gasteiger partial charge in [-0.05, 0) is 6.42 Å². The Morgan fingerprint density at radius 1 is 0.920 bits per heavy atom. The van der Waals surface area contributed by atoms with Crippen molar-refractivity contribution in [3.8, 4) is 0 Å². The summed E-state index contributed by atoms with van der Waals surface area (Å²) in [4.78, 5) is 72.3. The predicted molar refractivity (Wildman–Crippen MR) is 180 cm³/mol. The number of amides is 5. The van der Waals surface area contributed by atoms with E-state index in [1.54, 1.807) is 4.90 Å². The minimum Gasteiger partial charge on any atom is -0.480 e. The van der Waals surface area contributed by atoms with Gasteiger partial charge in [0.25, 0.3) is 0 Å². The van der Waals surface area contributed by atoms with E-state index in [1.807, 2.05) is 6.92 Å². The van der Waals surface area contributed by atoms with Gasteiger partial charge in [0, 0.05) is 83.1 Å². The Bertz CT molecular complexity index is 1040. The van der Waals surface area contributed by atoms with E-state index in [2.05, 4.69) is 21.3 Å². The molecule has 1 rings (SSSR count). The highest BCUT2D eigenvalue weighted by molar-refractivity contribution is 8.00. The lowest BCUT2D eigenvalue weighted by Gasteiger charge is -2.21. The maximum atomic E-state index is 12.2. The topological polar surface area (TPSA) is 266 Å². The molecule has 1 aliphatic heterocycles. The van der Waals surface area contributed by atoms with E-state index in [0.29, 0.717) is 19.4 Å². The molecule has 50 heavy (non-hydrogen) atoms. The van der Waals surface area contributed by atoms with Crippen molar-refractivity contribution < 1.29 is 62.7 Å². The van der Waals surface area contributed by atoms with Crippen molar-refractivity contribution in [3.63, 3.8) is 0 Å². The number of nitrogens with one attached hydrogen (secondary N) is 4. The number of carboxylic acids is 1. The molecule has 4 unspecified atom stereocenters. The van der Waals surface area contributed by atoms with Crippen molar-refractivity contribution in [2.45, 2.75) is 62.7 Å². The van der Waals surface area contributed by atoms with Crippen molar-refractivity contribution in [2.75, 3.05) is 91.8 Å². The lowest BCUT2D eigenvalue weighted by molar-refractivity contribution is -0.181. The van der Waals surface area contributed by atoms with Gasteiger partial charge in [-0.25, -0.2) is 4.79 Å². The quantitative estimate of drug-likeness (QED) is 0.0316. The summed E-state index contributed by atoms with van der Waals surface area (Å²) >= 11 is 1.35. The highest BCUT2D eigenvalue weighted by Gasteiger charge is 2.30. The molecule has 0 spiro atoms. The lowest BCUT2D eigenvalue weighted by atomic mass is 10.3. The highest BCUT2D eigenvalue weighted by atomic mass is 32.2. The van der Waals surface area contributed by atoms with Gasteiger partial charge in [-0.15, -0.1) is 0 Å². The molecule has 1 saturated heterocycles. The van der Waals surface area contributed by atoms with E-state index in [1.165, 1.54) is 18.9 Å². The van der Waals surface area contributed by atoms with Crippen LogP contribution in [0.3, 0.4) is 0 Å². The molecule has 19 nitrogen and oxygen atoms in total. The van der Waals surface area contributed by atoms with Gasteiger partial charge >= 0.3 is 12.1 Å². The number of aliphatic carboxylic acids is 1. The van der Waals surface area contributed by atoms with Gasteiger partial charge in [0.1, 0.15) is 12.6 Å². The maximum Gasteiger partial charge on any atom is 0.407 e. The zero-order chi connectivity index (χ0) is 37.1. The number of nitrogens with zero attached hydrogens (tertiary/aromatic N) is 1. The van der Waals surface area contributed by atoms with E-state index in [0.717, 1.165) is 0 Å². The number of thioether (sulfide) groups is 1. The molecular weight excluding hydrogens is 684 g/mol. The number of aliphatic hydroxyl groups is 1. The van der Waals surface area contributed by atoms with Gasteiger partial charge in [-0.2, -0.15) is 11.8 Å². The summed E-state index contributed by atoms with van der Waals surface area (Å²) in [5, 5.41) is 28.5. The zero-order valence-corrected chi connectivity index (χ0v) is 29.7. The van der Waals surface area contributed by atoms with Crippen molar-refractivity contribution in [1.82, 2.24) is 26.2 Å². The summed E-state index contributed by atoms with van der Waals surface area (Å²) < 4.78 is 26.3. The van der Waals surface area contributed by atoms with E-state index in [4.69, 9.17) is 34.5 Å². The second-order valence-electron chi connectivity index (χ2n) is 11.0. The summed E-state index contributed by atoms with van der Waals surface area (Å²) in [5.41, 5.74) is 5.50. The van der Waals surface area contributed by atoms with Crippen molar-refractivity contribution in [1.29, 1.82) is 0 Å². The average molecular weight is 739 g/mol. The molecule has 1 aliphatic rings. The van der Waals surface area contributed by atoms with E-state index >= 15 is 0 Å². The molecule has 0 aliphatic carbocycles. The third kappa shape index (κ3) is 21.7. The van der Waals surface area contributed by atoms with Gasteiger partial charge < -0.3 is 65.8 Å². The Hall–Kier alpha value is -3.27. The minimum atomic E-state index is -1.08. The first-order chi connectivity index (χ1) is 24.0. The monoisotopic (exact) mass is 738 g/mol. The Kier molecular flexibility index (Phi) is 24.6. The summed E-state index contributed by atoms with van der Waals surface area (Å²) in [7, 11) is 1.39. The molecule has 1 fully saturated rings. The number of hydrogen-bond donors (Lipinski definition) is 7. The van der Waals surface area contributed by atoms with Crippen LogP contribution in [-0.2, 0) is 47.7 Å². The van der Waals surface area contributed by atoms with Gasteiger partial charge in [0.2, 0.25) is 23.6 Å². The third-order valence-corrected chi connectivity index (χ3v) is 8.38. The highest BCUT2D eigenvalue weighted by Crippen LogP contribution is 2.24. The molecule has 0 radical (unpaired) electrons. The summed E-state index contributed by atoms with van der Waals surface area (Å²) in [6.45, 7) is 3.93.